The first-order chi connectivity index (χ1) is 8.93. The Balaban J connectivity index is 3.01. The van der Waals surface area contributed by atoms with Gasteiger partial charge in [0, 0.05) is 25.2 Å². The minimum Gasteiger partial charge on any atom is -0.258 e. The van der Waals surface area contributed by atoms with E-state index in [1.54, 1.807) is 6.92 Å². The van der Waals surface area contributed by atoms with Crippen molar-refractivity contribution in [3.8, 4) is 0 Å². The van der Waals surface area contributed by atoms with Gasteiger partial charge in [-0.1, -0.05) is 20.3 Å². The maximum atomic E-state index is 12.3. The van der Waals surface area contributed by atoms with Crippen LogP contribution in [-0.4, -0.2) is 30.7 Å². The average molecular weight is 286 g/mol. The van der Waals surface area contributed by atoms with Gasteiger partial charge in [0.05, 0.1) is 9.82 Å². The van der Waals surface area contributed by atoms with Gasteiger partial charge in [-0.25, -0.2) is 8.42 Å². The van der Waals surface area contributed by atoms with E-state index < -0.39 is 14.9 Å². The summed E-state index contributed by atoms with van der Waals surface area (Å²) < 4.78 is 26.0. The standard InChI is InChI=1S/C12H18N2O4S/c1-3-5-10-13(4-2)19(17,18)12-8-6-11(7-9-12)14(15)16/h6-9H,3-5,10H2,1-2H3. The molecule has 0 unspecified atom stereocenters. The van der Waals surface area contributed by atoms with Gasteiger partial charge >= 0.3 is 0 Å². The van der Waals surface area contributed by atoms with Crippen LogP contribution >= 0.6 is 0 Å². The number of hydrogen-bond acceptors (Lipinski definition) is 4. The molecular formula is C12H18N2O4S. The Morgan fingerprint density at radius 1 is 1.21 bits per heavy atom. The molecule has 106 valence electrons. The van der Waals surface area contributed by atoms with E-state index >= 15 is 0 Å². The quantitative estimate of drug-likeness (QED) is 0.569. The van der Waals surface area contributed by atoms with Crippen LogP contribution < -0.4 is 0 Å². The van der Waals surface area contributed by atoms with Crippen LogP contribution in [0.2, 0.25) is 0 Å². The lowest BCUT2D eigenvalue weighted by atomic mass is 10.3. The molecule has 0 aromatic heterocycles. The van der Waals surface area contributed by atoms with Crippen molar-refractivity contribution >= 4 is 15.7 Å². The highest BCUT2D eigenvalue weighted by molar-refractivity contribution is 7.89. The number of nitrogens with zero attached hydrogens (tertiary/aromatic N) is 2. The van der Waals surface area contributed by atoms with Crippen molar-refractivity contribution in [2.45, 2.75) is 31.6 Å². The molecule has 0 bridgehead atoms. The van der Waals surface area contributed by atoms with Gasteiger partial charge in [-0.15, -0.1) is 0 Å². The summed E-state index contributed by atoms with van der Waals surface area (Å²) in [6.07, 6.45) is 1.70. The van der Waals surface area contributed by atoms with E-state index in [0.29, 0.717) is 13.1 Å². The Hall–Kier alpha value is -1.47. The van der Waals surface area contributed by atoms with Crippen molar-refractivity contribution in [2.24, 2.45) is 0 Å². The normalized spacial score (nSPS) is 11.7. The van der Waals surface area contributed by atoms with Gasteiger partial charge in [0.2, 0.25) is 10.0 Å². The predicted octanol–water partition coefficient (Wildman–Crippen LogP) is 2.41. The molecule has 1 aromatic rings. The molecule has 1 rings (SSSR count). The zero-order valence-corrected chi connectivity index (χ0v) is 11.9. The number of nitro benzene ring substituents is 1. The molecule has 0 fully saturated rings. The van der Waals surface area contributed by atoms with Crippen molar-refractivity contribution < 1.29 is 13.3 Å². The van der Waals surface area contributed by atoms with Gasteiger partial charge < -0.3 is 0 Å². The zero-order chi connectivity index (χ0) is 14.5. The van der Waals surface area contributed by atoms with Crippen LogP contribution in [0.15, 0.2) is 29.2 Å². The van der Waals surface area contributed by atoms with Crippen molar-refractivity contribution in [3.63, 3.8) is 0 Å². The maximum Gasteiger partial charge on any atom is 0.269 e. The second kappa shape index (κ2) is 6.63. The molecule has 0 saturated carbocycles. The first-order valence-electron chi connectivity index (χ1n) is 6.18. The van der Waals surface area contributed by atoms with Crippen LogP contribution in [0.25, 0.3) is 0 Å². The molecule has 0 aliphatic carbocycles. The predicted molar refractivity (Wildman–Crippen MR) is 72.4 cm³/mol. The number of unbranched alkanes of at least 4 members (excludes halogenated alkanes) is 1. The number of benzene rings is 1. The Morgan fingerprint density at radius 2 is 1.79 bits per heavy atom. The fourth-order valence-electron chi connectivity index (χ4n) is 1.67. The third kappa shape index (κ3) is 3.74. The minimum absolute atomic E-state index is 0.0936. The number of non-ortho nitro benzene ring substituents is 1. The smallest absolute Gasteiger partial charge is 0.258 e. The van der Waals surface area contributed by atoms with Gasteiger partial charge in [0.15, 0.2) is 0 Å². The number of hydrogen-bond donors (Lipinski definition) is 0. The molecule has 0 aliphatic heterocycles. The maximum absolute atomic E-state index is 12.3. The highest BCUT2D eigenvalue weighted by Gasteiger charge is 2.23. The molecule has 0 amide bonds. The fraction of sp³-hybridized carbons (Fsp3) is 0.500. The summed E-state index contributed by atoms with van der Waals surface area (Å²) in [5, 5.41) is 10.5. The summed E-state index contributed by atoms with van der Waals surface area (Å²) >= 11 is 0. The lowest BCUT2D eigenvalue weighted by Crippen LogP contribution is -2.31. The summed E-state index contributed by atoms with van der Waals surface area (Å²) in [4.78, 5) is 10.1. The summed E-state index contributed by atoms with van der Waals surface area (Å²) in [6.45, 7) is 4.62. The number of rotatable bonds is 7. The second-order valence-corrected chi connectivity index (χ2v) is 6.04. The monoisotopic (exact) mass is 286 g/mol. The molecule has 19 heavy (non-hydrogen) atoms. The molecule has 0 spiro atoms. The lowest BCUT2D eigenvalue weighted by Gasteiger charge is -2.20. The summed E-state index contributed by atoms with van der Waals surface area (Å²) in [7, 11) is -3.56. The molecule has 0 saturated heterocycles. The number of nitro groups is 1. The van der Waals surface area contributed by atoms with Crippen molar-refractivity contribution in [2.75, 3.05) is 13.1 Å². The van der Waals surface area contributed by atoms with Crippen LogP contribution in [0.4, 0.5) is 5.69 Å². The van der Waals surface area contributed by atoms with Crippen LogP contribution in [0, 0.1) is 10.1 Å². The van der Waals surface area contributed by atoms with E-state index in [4.69, 9.17) is 0 Å². The highest BCUT2D eigenvalue weighted by Crippen LogP contribution is 2.19. The SMILES string of the molecule is CCCCN(CC)S(=O)(=O)c1ccc([N+](=O)[O-])cc1. The third-order valence-electron chi connectivity index (χ3n) is 2.80. The molecule has 0 aliphatic rings. The van der Waals surface area contributed by atoms with E-state index in [1.807, 2.05) is 6.92 Å². The van der Waals surface area contributed by atoms with Crippen molar-refractivity contribution in [1.29, 1.82) is 0 Å². The third-order valence-corrected chi connectivity index (χ3v) is 4.79. The zero-order valence-electron chi connectivity index (χ0n) is 11.1. The molecule has 0 N–H and O–H groups in total. The molecule has 7 heteroatoms. The van der Waals surface area contributed by atoms with E-state index in [0.717, 1.165) is 12.8 Å². The van der Waals surface area contributed by atoms with E-state index in [2.05, 4.69) is 0 Å². The van der Waals surface area contributed by atoms with Gasteiger partial charge in [0.25, 0.3) is 5.69 Å². The largest absolute Gasteiger partial charge is 0.269 e. The first kappa shape index (κ1) is 15.6. The average Bonchev–Trinajstić information content (AvgIpc) is 2.39. The topological polar surface area (TPSA) is 80.5 Å². The molecular weight excluding hydrogens is 268 g/mol. The summed E-state index contributed by atoms with van der Waals surface area (Å²) in [6, 6.07) is 4.98. The van der Waals surface area contributed by atoms with Crippen LogP contribution in [0.1, 0.15) is 26.7 Å². The Morgan fingerprint density at radius 3 is 2.21 bits per heavy atom. The molecule has 6 nitrogen and oxygen atoms in total. The van der Waals surface area contributed by atoms with E-state index in [-0.39, 0.29) is 10.6 Å². The molecule has 0 atom stereocenters. The highest BCUT2D eigenvalue weighted by atomic mass is 32.2. The lowest BCUT2D eigenvalue weighted by molar-refractivity contribution is -0.384. The van der Waals surface area contributed by atoms with Crippen molar-refractivity contribution in [3.05, 3.63) is 34.4 Å². The summed E-state index contributed by atoms with van der Waals surface area (Å²) in [5.41, 5.74) is -0.115. The van der Waals surface area contributed by atoms with Crippen LogP contribution in [0.5, 0.6) is 0 Å². The van der Waals surface area contributed by atoms with Crippen LogP contribution in [-0.2, 0) is 10.0 Å². The Bertz CT molecular complexity index is 525. The van der Waals surface area contributed by atoms with E-state index in [1.165, 1.54) is 28.6 Å². The number of sulfonamides is 1. The van der Waals surface area contributed by atoms with Gasteiger partial charge in [-0.3, -0.25) is 10.1 Å². The van der Waals surface area contributed by atoms with Gasteiger partial charge in [0.1, 0.15) is 0 Å². The Labute approximate surface area is 113 Å². The van der Waals surface area contributed by atoms with E-state index in [9.17, 15) is 18.5 Å². The molecule has 0 radical (unpaired) electrons. The fourth-order valence-corrected chi connectivity index (χ4v) is 3.16. The molecule has 1 aromatic carbocycles. The Kier molecular flexibility index (Phi) is 5.44. The van der Waals surface area contributed by atoms with Crippen LogP contribution in [0.3, 0.4) is 0 Å². The minimum atomic E-state index is -3.56. The van der Waals surface area contributed by atoms with Gasteiger partial charge in [-0.05, 0) is 18.6 Å². The van der Waals surface area contributed by atoms with Gasteiger partial charge in [-0.2, -0.15) is 4.31 Å². The second-order valence-electron chi connectivity index (χ2n) is 4.10. The molecule has 0 heterocycles. The van der Waals surface area contributed by atoms with Crippen molar-refractivity contribution in [1.82, 2.24) is 4.31 Å². The summed E-state index contributed by atoms with van der Waals surface area (Å²) in [5.74, 6) is 0. The first-order valence-corrected chi connectivity index (χ1v) is 7.62.